The van der Waals surface area contributed by atoms with Crippen molar-refractivity contribution in [2.45, 2.75) is 32.6 Å². The molecule has 0 radical (unpaired) electrons. The van der Waals surface area contributed by atoms with Crippen LogP contribution in [0.25, 0.3) is 11.3 Å². The number of allylic oxidation sites excluding steroid dienone is 1. The smallest absolute Gasteiger partial charge is 0.256 e. The maximum Gasteiger partial charge on any atom is 0.256 e. The monoisotopic (exact) mass is 583 g/mol. The Kier molecular flexibility index (Phi) is 8.05. The van der Waals surface area contributed by atoms with E-state index in [9.17, 15) is 9.59 Å². The van der Waals surface area contributed by atoms with Gasteiger partial charge in [0.2, 0.25) is 11.8 Å². The fourth-order valence-electron chi connectivity index (χ4n) is 5.38. The van der Waals surface area contributed by atoms with Crippen LogP contribution in [0.2, 0.25) is 0 Å². The second-order valence-electron chi connectivity index (χ2n) is 10.7. The molecule has 0 aliphatic carbocycles. The van der Waals surface area contributed by atoms with Crippen LogP contribution in [-0.2, 0) is 4.79 Å². The number of likely N-dealkylation sites (tertiary alicyclic amines) is 1. The summed E-state index contributed by atoms with van der Waals surface area (Å²) in [5, 5.41) is 12.2. The number of aromatic nitrogens is 1. The second-order valence-corrected chi connectivity index (χ2v) is 11.8. The zero-order valence-electron chi connectivity index (χ0n) is 23.3. The lowest BCUT2D eigenvalue weighted by Crippen LogP contribution is -2.41. The molecule has 42 heavy (non-hydrogen) atoms. The predicted octanol–water partition coefficient (Wildman–Crippen LogP) is 6.03. The predicted molar refractivity (Wildman–Crippen MR) is 160 cm³/mol. The number of fused-ring (bicyclic) bond motifs is 2. The van der Waals surface area contributed by atoms with Gasteiger partial charge in [-0.25, -0.2) is 9.37 Å². The van der Waals surface area contributed by atoms with Gasteiger partial charge < -0.3 is 20.7 Å². The molecule has 2 aromatic carbocycles. The Morgan fingerprint density at radius 2 is 1.93 bits per heavy atom. The molecule has 214 valence electrons. The zero-order chi connectivity index (χ0) is 30.0. The number of hydrogen-bond donors (Lipinski definition) is 2. The topological polar surface area (TPSA) is 121 Å². The van der Waals surface area contributed by atoms with E-state index in [1.54, 1.807) is 17.0 Å². The van der Waals surface area contributed by atoms with Crippen molar-refractivity contribution in [1.82, 2.24) is 15.2 Å². The lowest BCUT2D eigenvalue weighted by molar-refractivity contribution is -0.129. The first-order valence-electron chi connectivity index (χ1n) is 13.5. The van der Waals surface area contributed by atoms with Crippen molar-refractivity contribution in [3.8, 4) is 29.0 Å². The third-order valence-corrected chi connectivity index (χ3v) is 8.38. The fraction of sp³-hybridized carbons (Fsp3) is 0.250. The van der Waals surface area contributed by atoms with Crippen LogP contribution in [0.4, 0.5) is 4.39 Å². The minimum atomic E-state index is -1.01. The maximum atomic E-state index is 15.1. The summed E-state index contributed by atoms with van der Waals surface area (Å²) in [5.41, 5.74) is 6.97. The molecule has 1 saturated heterocycles. The standard InChI is InChI=1S/C32H30FN5O3S/c1-19(42-21(17-34)18-35)36-31(40)32(2,3)28-23-8-4-5-9-27(23)41-29-24(28)12-13-26(37-29)20-10-11-22(25(33)16-20)30(39)38-14-6-7-15-38/h4-5,8-13,16-17,28H,1,6-7,14-15,34H2,2-3H3,(H,36,40)/b21-17-/t28-/m0/s1. The molecular formula is C32H30FN5O3S. The summed E-state index contributed by atoms with van der Waals surface area (Å²) in [6, 6.07) is 17.5. The average molecular weight is 584 g/mol. The van der Waals surface area contributed by atoms with Gasteiger partial charge in [-0.2, -0.15) is 5.26 Å². The lowest BCUT2D eigenvalue weighted by atomic mass is 9.69. The molecule has 1 aromatic heterocycles. The summed E-state index contributed by atoms with van der Waals surface area (Å²) in [6.45, 7) is 8.78. The number of thioether (sulfide) groups is 1. The molecule has 1 fully saturated rings. The number of pyridine rings is 1. The minimum Gasteiger partial charge on any atom is -0.438 e. The number of nitrogens with two attached hydrogens (primary N) is 1. The Balaban J connectivity index is 1.47. The van der Waals surface area contributed by atoms with Crippen LogP contribution in [0.5, 0.6) is 11.6 Å². The molecule has 2 aliphatic rings. The summed E-state index contributed by atoms with van der Waals surface area (Å²) in [5.74, 6) is -0.805. The molecule has 2 aliphatic heterocycles. The van der Waals surface area contributed by atoms with E-state index >= 15 is 4.39 Å². The van der Waals surface area contributed by atoms with E-state index in [1.807, 2.05) is 50.2 Å². The summed E-state index contributed by atoms with van der Waals surface area (Å²) in [6.07, 6.45) is 3.01. The summed E-state index contributed by atoms with van der Waals surface area (Å²) in [4.78, 5) is 33.0. The van der Waals surface area contributed by atoms with E-state index in [2.05, 4.69) is 11.9 Å². The average Bonchev–Trinajstić information content (AvgIpc) is 3.53. The van der Waals surface area contributed by atoms with Crippen LogP contribution in [0.1, 0.15) is 54.1 Å². The van der Waals surface area contributed by atoms with Gasteiger partial charge in [0.15, 0.2) is 0 Å². The van der Waals surface area contributed by atoms with Gasteiger partial charge in [0.25, 0.3) is 5.91 Å². The van der Waals surface area contributed by atoms with Crippen molar-refractivity contribution >= 4 is 23.6 Å². The molecule has 5 rings (SSSR count). The first kappa shape index (κ1) is 28.9. The molecule has 0 unspecified atom stereocenters. The highest BCUT2D eigenvalue weighted by Gasteiger charge is 2.44. The van der Waals surface area contributed by atoms with Gasteiger partial charge >= 0.3 is 0 Å². The number of nitrogens with zero attached hydrogens (tertiary/aromatic N) is 3. The second kappa shape index (κ2) is 11.7. The Morgan fingerprint density at radius 1 is 1.19 bits per heavy atom. The molecule has 2 amide bonds. The fourth-order valence-corrected chi connectivity index (χ4v) is 5.91. The highest BCUT2D eigenvalue weighted by Crippen LogP contribution is 2.51. The third kappa shape index (κ3) is 5.48. The lowest BCUT2D eigenvalue weighted by Gasteiger charge is -2.37. The van der Waals surface area contributed by atoms with Crippen molar-refractivity contribution in [3.05, 3.63) is 99.8 Å². The number of benzene rings is 2. The van der Waals surface area contributed by atoms with Crippen molar-refractivity contribution in [1.29, 1.82) is 5.26 Å². The van der Waals surface area contributed by atoms with Crippen molar-refractivity contribution in [3.63, 3.8) is 0 Å². The number of nitrogens with one attached hydrogen (secondary N) is 1. The van der Waals surface area contributed by atoms with Gasteiger partial charge in [0, 0.05) is 41.9 Å². The largest absolute Gasteiger partial charge is 0.438 e. The molecule has 8 nitrogen and oxygen atoms in total. The number of amides is 2. The molecule has 0 spiro atoms. The molecule has 3 heterocycles. The summed E-state index contributed by atoms with van der Waals surface area (Å²) < 4.78 is 21.3. The SMILES string of the molecule is C=C(NC(=O)C(C)(C)[C@H]1c2ccccc2Oc2nc(-c3ccc(C(=O)N4CCCC4)c(F)c3)ccc21)S/C(C#N)=C\N. The first-order valence-corrected chi connectivity index (χ1v) is 14.3. The Morgan fingerprint density at radius 3 is 2.62 bits per heavy atom. The van der Waals surface area contributed by atoms with Crippen LogP contribution in [0.15, 0.2) is 77.3 Å². The number of halogens is 1. The number of nitriles is 1. The molecule has 1 atom stereocenters. The zero-order valence-corrected chi connectivity index (χ0v) is 24.1. The van der Waals surface area contributed by atoms with E-state index in [1.165, 1.54) is 12.1 Å². The quantitative estimate of drug-likeness (QED) is 0.326. The van der Waals surface area contributed by atoms with Crippen LogP contribution < -0.4 is 15.8 Å². The van der Waals surface area contributed by atoms with E-state index in [0.717, 1.165) is 36.4 Å². The van der Waals surface area contributed by atoms with Crippen molar-refractivity contribution < 1.29 is 18.7 Å². The van der Waals surface area contributed by atoms with Gasteiger partial charge in [0.1, 0.15) is 22.5 Å². The number of hydrogen-bond acceptors (Lipinski definition) is 7. The normalized spacial score (nSPS) is 16.1. The van der Waals surface area contributed by atoms with Gasteiger partial charge in [-0.3, -0.25) is 9.59 Å². The van der Waals surface area contributed by atoms with Crippen LogP contribution in [0.3, 0.4) is 0 Å². The number of para-hydroxylation sites is 1. The molecule has 3 N–H and O–H groups in total. The highest BCUT2D eigenvalue weighted by atomic mass is 32.2. The summed E-state index contributed by atoms with van der Waals surface area (Å²) in [7, 11) is 0. The summed E-state index contributed by atoms with van der Waals surface area (Å²) >= 11 is 0.975. The third-order valence-electron chi connectivity index (χ3n) is 7.58. The molecular weight excluding hydrogens is 553 g/mol. The Labute approximate surface area is 248 Å². The number of carbonyl (C=O) groups excluding carboxylic acids is 2. The van der Waals surface area contributed by atoms with Gasteiger partial charge in [-0.15, -0.1) is 0 Å². The van der Waals surface area contributed by atoms with E-state index < -0.39 is 17.2 Å². The van der Waals surface area contributed by atoms with Gasteiger partial charge in [0.05, 0.1) is 21.7 Å². The molecule has 10 heteroatoms. The van der Waals surface area contributed by atoms with Crippen molar-refractivity contribution in [2.75, 3.05) is 13.1 Å². The van der Waals surface area contributed by atoms with Crippen molar-refractivity contribution in [2.24, 2.45) is 11.1 Å². The van der Waals surface area contributed by atoms with Crippen LogP contribution >= 0.6 is 11.8 Å². The number of rotatable bonds is 7. The van der Waals surface area contributed by atoms with E-state index in [4.69, 9.17) is 20.7 Å². The molecule has 3 aromatic rings. The van der Waals surface area contributed by atoms with Crippen LogP contribution in [0, 0.1) is 22.6 Å². The maximum absolute atomic E-state index is 15.1. The number of ether oxygens (including phenoxy) is 1. The van der Waals surface area contributed by atoms with Gasteiger partial charge in [-0.05, 0) is 37.1 Å². The minimum absolute atomic E-state index is 0.0419. The first-order chi connectivity index (χ1) is 20.1. The molecule has 0 bridgehead atoms. The van der Waals surface area contributed by atoms with E-state index in [0.29, 0.717) is 41.5 Å². The van der Waals surface area contributed by atoms with E-state index in [-0.39, 0.29) is 27.3 Å². The highest BCUT2D eigenvalue weighted by molar-refractivity contribution is 8.06. The Hall–Kier alpha value is -4.62. The number of carbonyl (C=O) groups is 2. The molecule has 0 saturated carbocycles. The van der Waals surface area contributed by atoms with Crippen LogP contribution in [-0.4, -0.2) is 34.8 Å². The Bertz CT molecular complexity index is 1660. The van der Waals surface area contributed by atoms with Gasteiger partial charge in [-0.1, -0.05) is 62.5 Å².